The highest BCUT2D eigenvalue weighted by Gasteiger charge is 2.07. The van der Waals surface area contributed by atoms with Crippen molar-refractivity contribution in [1.29, 1.82) is 0 Å². The molecule has 0 saturated heterocycles. The molecular weight excluding hydrogens is 432 g/mol. The lowest BCUT2D eigenvalue weighted by atomic mass is 10.2. The first kappa shape index (κ1) is 30.6. The smallest absolute Gasteiger partial charge is 0.333 e. The summed E-state index contributed by atoms with van der Waals surface area (Å²) < 4.78 is 20.1. The first-order valence-electron chi connectivity index (χ1n) is 11.8. The van der Waals surface area contributed by atoms with Crippen LogP contribution in [0, 0.1) is 0 Å². The lowest BCUT2D eigenvalue weighted by Crippen LogP contribution is -2.14. The van der Waals surface area contributed by atoms with E-state index in [0.717, 1.165) is 25.7 Å². The van der Waals surface area contributed by atoms with Gasteiger partial charge in [0, 0.05) is 31.4 Å². The predicted molar refractivity (Wildman–Crippen MR) is 121 cm³/mol. The SMILES string of the molecule is C=C(C)C(=O)OCCOC(=O)CCCCCOC(=O)CCCCCOC(=O)CCCCCO. The van der Waals surface area contributed by atoms with Crippen LogP contribution in [0.25, 0.3) is 0 Å². The summed E-state index contributed by atoms with van der Waals surface area (Å²) in [6.07, 6.45) is 7.41. The first-order valence-corrected chi connectivity index (χ1v) is 11.8. The molecule has 0 amide bonds. The second kappa shape index (κ2) is 21.4. The van der Waals surface area contributed by atoms with Crippen LogP contribution in [0.15, 0.2) is 12.2 Å². The van der Waals surface area contributed by atoms with Crippen LogP contribution in [0.1, 0.15) is 84.0 Å². The molecule has 9 nitrogen and oxygen atoms in total. The van der Waals surface area contributed by atoms with E-state index in [0.29, 0.717) is 63.7 Å². The van der Waals surface area contributed by atoms with Gasteiger partial charge in [0.1, 0.15) is 13.2 Å². The standard InChI is InChI=1S/C24H40O9/c1-20(2)24(29)33-19-18-32-23(28)14-8-5-11-17-31-22(27)13-7-4-10-16-30-21(26)12-6-3-9-15-25/h25H,1,3-19H2,2H3. The Hall–Kier alpha value is -2.42. The van der Waals surface area contributed by atoms with Crippen LogP contribution in [-0.2, 0) is 38.1 Å². The van der Waals surface area contributed by atoms with Gasteiger partial charge in [-0.2, -0.15) is 0 Å². The number of aliphatic hydroxyl groups is 1. The van der Waals surface area contributed by atoms with Crippen molar-refractivity contribution in [2.24, 2.45) is 0 Å². The normalized spacial score (nSPS) is 10.4. The molecule has 0 atom stereocenters. The van der Waals surface area contributed by atoms with Gasteiger partial charge in [0.25, 0.3) is 0 Å². The van der Waals surface area contributed by atoms with E-state index in [1.807, 2.05) is 0 Å². The second-order valence-electron chi connectivity index (χ2n) is 7.73. The maximum Gasteiger partial charge on any atom is 0.333 e. The monoisotopic (exact) mass is 472 g/mol. The van der Waals surface area contributed by atoms with Crippen molar-refractivity contribution < 1.29 is 43.2 Å². The van der Waals surface area contributed by atoms with Crippen LogP contribution in [0.4, 0.5) is 0 Å². The Labute approximate surface area is 196 Å². The Bertz CT molecular complexity index is 586. The fraction of sp³-hybridized carbons (Fsp3) is 0.750. The molecular formula is C24H40O9. The van der Waals surface area contributed by atoms with Crippen molar-refractivity contribution >= 4 is 23.9 Å². The van der Waals surface area contributed by atoms with Gasteiger partial charge in [-0.1, -0.05) is 13.0 Å². The summed E-state index contributed by atoms with van der Waals surface area (Å²) in [5.41, 5.74) is 0.294. The van der Waals surface area contributed by atoms with Gasteiger partial charge in [0.15, 0.2) is 0 Å². The van der Waals surface area contributed by atoms with Crippen LogP contribution >= 0.6 is 0 Å². The number of carbonyl (C=O) groups excluding carboxylic acids is 4. The molecule has 190 valence electrons. The zero-order chi connectivity index (χ0) is 24.7. The van der Waals surface area contributed by atoms with E-state index in [1.165, 1.54) is 0 Å². The molecule has 0 fully saturated rings. The molecule has 0 bridgehead atoms. The summed E-state index contributed by atoms with van der Waals surface area (Å²) in [4.78, 5) is 45.9. The maximum atomic E-state index is 11.7. The van der Waals surface area contributed by atoms with E-state index in [2.05, 4.69) is 6.58 Å². The second-order valence-corrected chi connectivity index (χ2v) is 7.73. The van der Waals surface area contributed by atoms with Crippen molar-refractivity contribution in [2.45, 2.75) is 84.0 Å². The number of ether oxygens (including phenoxy) is 4. The van der Waals surface area contributed by atoms with Crippen molar-refractivity contribution in [3.63, 3.8) is 0 Å². The van der Waals surface area contributed by atoms with Gasteiger partial charge in [-0.05, 0) is 58.3 Å². The molecule has 1 N–H and O–H groups in total. The third-order valence-electron chi connectivity index (χ3n) is 4.54. The highest BCUT2D eigenvalue weighted by molar-refractivity contribution is 5.86. The molecule has 0 spiro atoms. The molecule has 0 aromatic heterocycles. The van der Waals surface area contributed by atoms with E-state index in [1.54, 1.807) is 6.92 Å². The maximum absolute atomic E-state index is 11.7. The minimum Gasteiger partial charge on any atom is -0.466 e. The summed E-state index contributed by atoms with van der Waals surface area (Å²) >= 11 is 0. The number of hydrogen-bond donors (Lipinski definition) is 1. The molecule has 0 radical (unpaired) electrons. The summed E-state index contributed by atoms with van der Waals surface area (Å²) in [6, 6.07) is 0. The number of carbonyl (C=O) groups is 4. The number of esters is 4. The van der Waals surface area contributed by atoms with E-state index in [9.17, 15) is 19.2 Å². The largest absolute Gasteiger partial charge is 0.466 e. The number of unbranched alkanes of at least 4 members (excludes halogenated alkanes) is 6. The molecule has 0 aromatic carbocycles. The number of hydrogen-bond acceptors (Lipinski definition) is 9. The predicted octanol–water partition coefficient (Wildman–Crippen LogP) is 3.41. The van der Waals surface area contributed by atoms with Crippen LogP contribution in [0.5, 0.6) is 0 Å². The van der Waals surface area contributed by atoms with Crippen LogP contribution in [-0.4, -0.2) is 62.0 Å². The van der Waals surface area contributed by atoms with E-state index >= 15 is 0 Å². The topological polar surface area (TPSA) is 125 Å². The van der Waals surface area contributed by atoms with Crippen LogP contribution < -0.4 is 0 Å². The number of rotatable bonds is 21. The minimum atomic E-state index is -0.511. The van der Waals surface area contributed by atoms with Gasteiger partial charge in [0.2, 0.25) is 0 Å². The van der Waals surface area contributed by atoms with Crippen LogP contribution in [0.3, 0.4) is 0 Å². The molecule has 0 saturated carbocycles. The Balaban J connectivity index is 3.43. The molecule has 0 heterocycles. The highest BCUT2D eigenvalue weighted by Crippen LogP contribution is 2.06. The highest BCUT2D eigenvalue weighted by atomic mass is 16.6. The van der Waals surface area contributed by atoms with Gasteiger partial charge in [-0.15, -0.1) is 0 Å². The average molecular weight is 473 g/mol. The van der Waals surface area contributed by atoms with Gasteiger partial charge in [-0.25, -0.2) is 4.79 Å². The van der Waals surface area contributed by atoms with E-state index in [-0.39, 0.29) is 44.1 Å². The van der Waals surface area contributed by atoms with Crippen LogP contribution in [0.2, 0.25) is 0 Å². The van der Waals surface area contributed by atoms with Gasteiger partial charge >= 0.3 is 23.9 Å². The van der Waals surface area contributed by atoms with Gasteiger partial charge < -0.3 is 24.1 Å². The van der Waals surface area contributed by atoms with Gasteiger partial charge in [0.05, 0.1) is 13.2 Å². The molecule has 0 aliphatic heterocycles. The fourth-order valence-electron chi connectivity index (χ4n) is 2.66. The minimum absolute atomic E-state index is 0.00462. The molecule has 33 heavy (non-hydrogen) atoms. The Morgan fingerprint density at radius 3 is 1.39 bits per heavy atom. The molecule has 0 rings (SSSR count). The molecule has 0 aliphatic carbocycles. The molecule has 0 aromatic rings. The molecule has 0 unspecified atom stereocenters. The number of aliphatic hydroxyl groups excluding tert-OH is 1. The Morgan fingerprint density at radius 1 is 0.576 bits per heavy atom. The van der Waals surface area contributed by atoms with Crippen molar-refractivity contribution in [1.82, 2.24) is 0 Å². The van der Waals surface area contributed by atoms with E-state index < -0.39 is 5.97 Å². The third kappa shape index (κ3) is 21.2. The summed E-state index contributed by atoms with van der Waals surface area (Å²) in [6.45, 7) is 5.84. The summed E-state index contributed by atoms with van der Waals surface area (Å²) in [7, 11) is 0. The summed E-state index contributed by atoms with van der Waals surface area (Å²) in [5, 5.41) is 8.67. The fourth-order valence-corrected chi connectivity index (χ4v) is 2.66. The van der Waals surface area contributed by atoms with Crippen molar-refractivity contribution in [3.8, 4) is 0 Å². The van der Waals surface area contributed by atoms with E-state index in [4.69, 9.17) is 24.1 Å². The van der Waals surface area contributed by atoms with Crippen molar-refractivity contribution in [2.75, 3.05) is 33.0 Å². The quantitative estimate of drug-likeness (QED) is 0.116. The zero-order valence-corrected chi connectivity index (χ0v) is 19.9. The molecule has 9 heteroatoms. The molecule has 0 aliphatic rings. The Morgan fingerprint density at radius 2 is 0.970 bits per heavy atom. The lowest BCUT2D eigenvalue weighted by Gasteiger charge is -2.07. The third-order valence-corrected chi connectivity index (χ3v) is 4.54. The lowest BCUT2D eigenvalue weighted by molar-refractivity contribution is -0.150. The summed E-state index contributed by atoms with van der Waals surface area (Å²) in [5.74, 6) is -1.33. The van der Waals surface area contributed by atoms with Crippen molar-refractivity contribution in [3.05, 3.63) is 12.2 Å². The first-order chi connectivity index (χ1) is 15.9. The zero-order valence-electron chi connectivity index (χ0n) is 19.9. The average Bonchev–Trinajstić information content (AvgIpc) is 2.78. The Kier molecular flexibility index (Phi) is 19.9. The van der Waals surface area contributed by atoms with Gasteiger partial charge in [-0.3, -0.25) is 14.4 Å².